The number of carbonyl (C=O) groups is 2. The summed E-state index contributed by atoms with van der Waals surface area (Å²) in [6.07, 6.45) is 0.548. The first-order valence-electron chi connectivity index (χ1n) is 10.6. The quantitative estimate of drug-likeness (QED) is 0.560. The number of aromatic nitrogens is 2. The fraction of sp³-hybridized carbons (Fsp3) is 0.375. The Morgan fingerprint density at radius 3 is 2.45 bits per heavy atom. The molecule has 2 amide bonds. The zero-order valence-electron chi connectivity index (χ0n) is 18.4. The van der Waals surface area contributed by atoms with Crippen molar-refractivity contribution in [3.8, 4) is 0 Å². The van der Waals surface area contributed by atoms with Gasteiger partial charge >= 0.3 is 0 Å². The predicted molar refractivity (Wildman–Crippen MR) is 124 cm³/mol. The van der Waals surface area contributed by atoms with Gasteiger partial charge in [-0.1, -0.05) is 37.6 Å². The zero-order chi connectivity index (χ0) is 22.5. The van der Waals surface area contributed by atoms with Crippen LogP contribution in [0.25, 0.3) is 11.0 Å². The number of benzene rings is 2. The van der Waals surface area contributed by atoms with E-state index in [-0.39, 0.29) is 17.7 Å². The lowest BCUT2D eigenvalue weighted by Crippen LogP contribution is -2.48. The van der Waals surface area contributed by atoms with E-state index < -0.39 is 6.04 Å². The highest BCUT2D eigenvalue weighted by Gasteiger charge is 2.26. The molecule has 7 heteroatoms. The average molecular weight is 441 g/mol. The Hall–Kier alpha value is -2.86. The topological polar surface area (TPSA) is 67.2 Å². The number of hydrogen-bond acceptors (Lipinski definition) is 3. The van der Waals surface area contributed by atoms with Crippen molar-refractivity contribution in [1.82, 2.24) is 19.8 Å². The molecule has 1 unspecified atom stereocenters. The third-order valence-corrected chi connectivity index (χ3v) is 5.47. The Balaban J connectivity index is 1.77. The molecule has 1 N–H and O–H groups in total. The molecule has 6 nitrogen and oxygen atoms in total. The number of rotatable bonds is 8. The molecular formula is C24H29ClN4O2. The highest BCUT2D eigenvalue weighted by Crippen LogP contribution is 2.18. The molecule has 0 fully saturated rings. The van der Waals surface area contributed by atoms with E-state index in [0.29, 0.717) is 23.6 Å². The Kier molecular flexibility index (Phi) is 7.33. The summed E-state index contributed by atoms with van der Waals surface area (Å²) >= 11 is 5.91. The Morgan fingerprint density at radius 2 is 1.81 bits per heavy atom. The van der Waals surface area contributed by atoms with Gasteiger partial charge in [-0.3, -0.25) is 9.59 Å². The molecule has 1 aromatic heterocycles. The van der Waals surface area contributed by atoms with Gasteiger partial charge in [0.05, 0.1) is 17.6 Å². The molecule has 0 aliphatic rings. The van der Waals surface area contributed by atoms with Crippen LogP contribution in [0.5, 0.6) is 0 Å². The van der Waals surface area contributed by atoms with Crippen LogP contribution < -0.4 is 5.32 Å². The molecule has 2 aromatic carbocycles. The summed E-state index contributed by atoms with van der Waals surface area (Å²) in [4.78, 5) is 32.3. The van der Waals surface area contributed by atoms with Crippen molar-refractivity contribution in [3.05, 3.63) is 64.9 Å². The molecule has 3 rings (SSSR count). The minimum Gasteiger partial charge on any atom is -0.340 e. The molecule has 0 saturated carbocycles. The van der Waals surface area contributed by atoms with Gasteiger partial charge in [-0.15, -0.1) is 0 Å². The largest absolute Gasteiger partial charge is 0.340 e. The molecule has 3 aromatic rings. The second-order valence-electron chi connectivity index (χ2n) is 8.12. The van der Waals surface area contributed by atoms with Crippen LogP contribution in [0, 0.1) is 5.92 Å². The third kappa shape index (κ3) is 5.44. The number of para-hydroxylation sites is 2. The first kappa shape index (κ1) is 22.8. The third-order valence-electron chi connectivity index (χ3n) is 5.22. The Bertz CT molecular complexity index is 1060. The van der Waals surface area contributed by atoms with E-state index in [1.54, 1.807) is 36.2 Å². The number of fused-ring (bicyclic) bond motifs is 1. The summed E-state index contributed by atoms with van der Waals surface area (Å²) in [5.41, 5.74) is 2.44. The maximum atomic E-state index is 13.3. The molecular weight excluding hydrogens is 412 g/mol. The van der Waals surface area contributed by atoms with Gasteiger partial charge in [0.15, 0.2) is 0 Å². The van der Waals surface area contributed by atoms with Gasteiger partial charge in [-0.05, 0) is 55.7 Å². The molecule has 1 atom stereocenters. The van der Waals surface area contributed by atoms with Gasteiger partial charge in [0.25, 0.3) is 5.91 Å². The number of halogens is 1. The molecule has 0 aliphatic heterocycles. The molecule has 0 saturated heterocycles. The number of nitrogens with one attached hydrogen (secondary N) is 1. The van der Waals surface area contributed by atoms with Gasteiger partial charge < -0.3 is 14.8 Å². The number of aryl methyl sites for hydroxylation is 1. The fourth-order valence-corrected chi connectivity index (χ4v) is 3.82. The van der Waals surface area contributed by atoms with Crippen LogP contribution >= 0.6 is 11.6 Å². The van der Waals surface area contributed by atoms with Gasteiger partial charge in [-0.25, -0.2) is 4.98 Å². The number of likely N-dealkylation sites (N-methyl/N-ethyl adjacent to an activating group) is 1. The van der Waals surface area contributed by atoms with Crippen molar-refractivity contribution in [2.45, 2.75) is 46.3 Å². The molecule has 0 aliphatic carbocycles. The van der Waals surface area contributed by atoms with Crippen LogP contribution in [0.15, 0.2) is 48.5 Å². The van der Waals surface area contributed by atoms with Gasteiger partial charge in [0, 0.05) is 24.2 Å². The van der Waals surface area contributed by atoms with Gasteiger partial charge in [-0.2, -0.15) is 0 Å². The van der Waals surface area contributed by atoms with E-state index in [1.165, 1.54) is 0 Å². The van der Waals surface area contributed by atoms with E-state index in [0.717, 1.165) is 23.4 Å². The second-order valence-corrected chi connectivity index (χ2v) is 8.55. The highest BCUT2D eigenvalue weighted by molar-refractivity contribution is 6.30. The van der Waals surface area contributed by atoms with Crippen molar-refractivity contribution in [2.75, 3.05) is 7.05 Å². The van der Waals surface area contributed by atoms with Crippen molar-refractivity contribution < 1.29 is 9.59 Å². The van der Waals surface area contributed by atoms with Crippen LogP contribution in [-0.2, 0) is 17.9 Å². The van der Waals surface area contributed by atoms with Crippen molar-refractivity contribution in [3.63, 3.8) is 0 Å². The lowest BCUT2D eigenvalue weighted by molar-refractivity contribution is -0.133. The van der Waals surface area contributed by atoms with Crippen LogP contribution in [0.3, 0.4) is 0 Å². The average Bonchev–Trinajstić information content (AvgIpc) is 3.09. The van der Waals surface area contributed by atoms with E-state index in [1.807, 2.05) is 38.1 Å². The van der Waals surface area contributed by atoms with Crippen molar-refractivity contribution >= 4 is 34.4 Å². The Labute approximate surface area is 188 Å². The summed E-state index contributed by atoms with van der Waals surface area (Å²) in [7, 11) is 1.75. The van der Waals surface area contributed by atoms with Gasteiger partial charge in [0.2, 0.25) is 5.91 Å². The lowest BCUT2D eigenvalue weighted by Gasteiger charge is -2.26. The maximum Gasteiger partial charge on any atom is 0.251 e. The number of amides is 2. The monoisotopic (exact) mass is 440 g/mol. The van der Waals surface area contributed by atoms with Crippen molar-refractivity contribution in [1.29, 1.82) is 0 Å². The first-order valence-corrected chi connectivity index (χ1v) is 10.9. The summed E-state index contributed by atoms with van der Waals surface area (Å²) in [6.45, 7) is 7.26. The standard InChI is InChI=1S/C24H29ClN4O2/c1-5-29-21-9-7-6-8-19(21)26-22(29)15-28(4)24(31)20(14-16(2)3)27-23(30)17-10-12-18(25)13-11-17/h6-13,16,20H,5,14-15H2,1-4H3,(H,27,30). The second kappa shape index (κ2) is 9.96. The minimum absolute atomic E-state index is 0.134. The fourth-order valence-electron chi connectivity index (χ4n) is 3.69. The maximum absolute atomic E-state index is 13.3. The SMILES string of the molecule is CCn1c(CN(C)C(=O)C(CC(C)C)NC(=O)c2ccc(Cl)cc2)nc2ccccc21. The predicted octanol–water partition coefficient (Wildman–Crippen LogP) is 4.51. The Morgan fingerprint density at radius 1 is 1.13 bits per heavy atom. The van der Waals surface area contributed by atoms with Crippen LogP contribution in [-0.4, -0.2) is 39.4 Å². The van der Waals surface area contributed by atoms with Crippen molar-refractivity contribution in [2.24, 2.45) is 5.92 Å². The van der Waals surface area contributed by atoms with Gasteiger partial charge in [0.1, 0.15) is 11.9 Å². The molecule has 31 heavy (non-hydrogen) atoms. The summed E-state index contributed by atoms with van der Waals surface area (Å²) in [5.74, 6) is 0.649. The number of nitrogens with zero attached hydrogens (tertiary/aromatic N) is 3. The van der Waals surface area contributed by atoms with E-state index >= 15 is 0 Å². The van der Waals surface area contributed by atoms with E-state index in [2.05, 4.69) is 16.8 Å². The summed E-state index contributed by atoms with van der Waals surface area (Å²) in [5, 5.41) is 3.47. The summed E-state index contributed by atoms with van der Waals surface area (Å²) in [6, 6.07) is 14.0. The lowest BCUT2D eigenvalue weighted by atomic mass is 10.0. The molecule has 164 valence electrons. The first-order chi connectivity index (χ1) is 14.8. The summed E-state index contributed by atoms with van der Waals surface area (Å²) < 4.78 is 2.11. The molecule has 1 heterocycles. The normalized spacial score (nSPS) is 12.2. The highest BCUT2D eigenvalue weighted by atomic mass is 35.5. The number of imidazole rings is 1. The zero-order valence-corrected chi connectivity index (χ0v) is 19.2. The van der Waals surface area contributed by atoms with Crippen LogP contribution in [0.4, 0.5) is 0 Å². The van der Waals surface area contributed by atoms with E-state index in [4.69, 9.17) is 16.6 Å². The minimum atomic E-state index is -0.618. The molecule has 0 bridgehead atoms. The smallest absolute Gasteiger partial charge is 0.251 e. The number of hydrogen-bond donors (Lipinski definition) is 1. The van der Waals surface area contributed by atoms with E-state index in [9.17, 15) is 9.59 Å². The molecule has 0 radical (unpaired) electrons. The number of carbonyl (C=O) groups excluding carboxylic acids is 2. The van der Waals surface area contributed by atoms with Crippen LogP contribution in [0.1, 0.15) is 43.4 Å². The molecule has 0 spiro atoms. The van der Waals surface area contributed by atoms with Crippen LogP contribution in [0.2, 0.25) is 5.02 Å².